The van der Waals surface area contributed by atoms with E-state index >= 15 is 0 Å². The van der Waals surface area contributed by atoms with Crippen LogP contribution in [0.5, 0.6) is 0 Å². The largest absolute Gasteiger partial charge is 0.467 e. The van der Waals surface area contributed by atoms with Gasteiger partial charge in [-0.05, 0) is 23.6 Å². The van der Waals surface area contributed by atoms with Crippen LogP contribution in [0.15, 0.2) is 18.2 Å². The fourth-order valence-corrected chi connectivity index (χ4v) is 2.08. The first-order valence-corrected chi connectivity index (χ1v) is 6.43. The van der Waals surface area contributed by atoms with Crippen molar-refractivity contribution < 1.29 is 19.1 Å². The third kappa shape index (κ3) is 3.34. The Balaban J connectivity index is 2.00. The summed E-state index contributed by atoms with van der Waals surface area (Å²) in [6, 6.07) is 5.21. The van der Waals surface area contributed by atoms with Gasteiger partial charge in [-0.25, -0.2) is 4.79 Å². The molecule has 0 bridgehead atoms. The number of esters is 1. The molecule has 0 fully saturated rings. The molecule has 1 aliphatic rings. The third-order valence-corrected chi connectivity index (χ3v) is 3.23. The Bertz CT molecular complexity index is 516. The van der Waals surface area contributed by atoms with Crippen molar-refractivity contribution >= 4 is 11.9 Å². The van der Waals surface area contributed by atoms with E-state index < -0.39 is 5.97 Å². The van der Waals surface area contributed by atoms with Crippen LogP contribution in [-0.2, 0) is 20.7 Å². The van der Waals surface area contributed by atoms with Gasteiger partial charge in [0.25, 0.3) is 5.91 Å². The van der Waals surface area contributed by atoms with E-state index in [0.717, 1.165) is 17.5 Å². The molecule has 2 rings (SSSR count). The highest BCUT2D eigenvalue weighted by Gasteiger charge is 2.18. The maximum absolute atomic E-state index is 11.8. The number of amides is 1. The summed E-state index contributed by atoms with van der Waals surface area (Å²) in [5.41, 5.74) is 8.50. The first-order chi connectivity index (χ1) is 9.61. The van der Waals surface area contributed by atoms with Gasteiger partial charge >= 0.3 is 5.97 Å². The molecule has 3 N–H and O–H groups in total. The Kier molecular flexibility index (Phi) is 4.70. The van der Waals surface area contributed by atoms with E-state index in [4.69, 9.17) is 10.5 Å². The molecule has 0 saturated carbocycles. The molecule has 0 aliphatic carbocycles. The molecule has 1 unspecified atom stereocenters. The number of benzene rings is 1. The smallest absolute Gasteiger partial charge is 0.331 e. The van der Waals surface area contributed by atoms with E-state index in [1.165, 1.54) is 7.11 Å². The number of fused-ring (bicyclic) bond motifs is 1. The summed E-state index contributed by atoms with van der Waals surface area (Å²) in [6.07, 6.45) is 0.829. The van der Waals surface area contributed by atoms with Crippen molar-refractivity contribution in [3.8, 4) is 0 Å². The van der Waals surface area contributed by atoms with E-state index in [9.17, 15) is 9.59 Å². The average molecular weight is 278 g/mol. The maximum Gasteiger partial charge on any atom is 0.331 e. The predicted molar refractivity (Wildman–Crippen MR) is 72.2 cm³/mol. The molecule has 1 atom stereocenters. The predicted octanol–water partition coefficient (Wildman–Crippen LogP) is 0.162. The van der Waals surface area contributed by atoms with Gasteiger partial charge in [0.15, 0.2) is 0 Å². The topological polar surface area (TPSA) is 90.7 Å². The fourth-order valence-electron chi connectivity index (χ4n) is 2.08. The van der Waals surface area contributed by atoms with Gasteiger partial charge in [-0.3, -0.25) is 4.79 Å². The number of methoxy groups -OCH3 is 1. The number of nitrogens with one attached hydrogen (secondary N) is 1. The fraction of sp³-hybridized carbons (Fsp3) is 0.429. The Morgan fingerprint density at radius 1 is 1.50 bits per heavy atom. The lowest BCUT2D eigenvalue weighted by molar-refractivity contribution is -0.146. The molecule has 6 heteroatoms. The van der Waals surface area contributed by atoms with Gasteiger partial charge in [0.05, 0.1) is 19.8 Å². The van der Waals surface area contributed by atoms with Gasteiger partial charge in [-0.15, -0.1) is 0 Å². The molecule has 1 aliphatic heterocycles. The number of hydrogen-bond acceptors (Lipinski definition) is 5. The lowest BCUT2D eigenvalue weighted by Crippen LogP contribution is -2.32. The summed E-state index contributed by atoms with van der Waals surface area (Å²) in [4.78, 5) is 22.7. The summed E-state index contributed by atoms with van der Waals surface area (Å²) >= 11 is 0. The van der Waals surface area contributed by atoms with Gasteiger partial charge in [-0.2, -0.15) is 0 Å². The SMILES string of the molecule is COC(=O)COCC(N)c1ccc2c(c1)C(=O)NCC2. The van der Waals surface area contributed by atoms with Crippen LogP contribution in [0.2, 0.25) is 0 Å². The number of hydrogen-bond donors (Lipinski definition) is 2. The van der Waals surface area contributed by atoms with Crippen LogP contribution in [0.4, 0.5) is 0 Å². The van der Waals surface area contributed by atoms with Crippen LogP contribution >= 0.6 is 0 Å². The van der Waals surface area contributed by atoms with Crippen LogP contribution in [0.25, 0.3) is 0 Å². The summed E-state index contributed by atoms with van der Waals surface area (Å²) in [5.74, 6) is -0.516. The molecule has 1 amide bonds. The molecular formula is C14H18N2O4. The van der Waals surface area contributed by atoms with Gasteiger partial charge < -0.3 is 20.5 Å². The Morgan fingerprint density at radius 3 is 3.05 bits per heavy atom. The summed E-state index contributed by atoms with van der Waals surface area (Å²) in [6.45, 7) is 0.727. The lowest BCUT2D eigenvalue weighted by Gasteiger charge is -2.19. The number of carbonyl (C=O) groups excluding carboxylic acids is 2. The zero-order chi connectivity index (χ0) is 14.5. The van der Waals surface area contributed by atoms with E-state index in [2.05, 4.69) is 10.1 Å². The Hall–Kier alpha value is -1.92. The number of carbonyl (C=O) groups is 2. The first kappa shape index (κ1) is 14.5. The van der Waals surface area contributed by atoms with Gasteiger partial charge in [0, 0.05) is 12.1 Å². The highest BCUT2D eigenvalue weighted by atomic mass is 16.6. The zero-order valence-electron chi connectivity index (χ0n) is 11.3. The van der Waals surface area contributed by atoms with Crippen molar-refractivity contribution in [1.82, 2.24) is 5.32 Å². The van der Waals surface area contributed by atoms with Crippen molar-refractivity contribution in [2.75, 3.05) is 26.9 Å². The first-order valence-electron chi connectivity index (χ1n) is 6.43. The second-order valence-electron chi connectivity index (χ2n) is 4.62. The summed E-state index contributed by atoms with van der Waals surface area (Å²) < 4.78 is 9.64. The van der Waals surface area contributed by atoms with Gasteiger partial charge in [0.1, 0.15) is 6.61 Å². The molecule has 1 aromatic carbocycles. The van der Waals surface area contributed by atoms with Crippen LogP contribution in [0.1, 0.15) is 27.5 Å². The monoisotopic (exact) mass is 278 g/mol. The van der Waals surface area contributed by atoms with Crippen molar-refractivity contribution in [3.63, 3.8) is 0 Å². The minimum Gasteiger partial charge on any atom is -0.467 e. The van der Waals surface area contributed by atoms with E-state index in [1.807, 2.05) is 12.1 Å². The van der Waals surface area contributed by atoms with Gasteiger partial charge in [-0.1, -0.05) is 12.1 Å². The van der Waals surface area contributed by atoms with Crippen LogP contribution in [0.3, 0.4) is 0 Å². The van der Waals surface area contributed by atoms with Crippen LogP contribution in [-0.4, -0.2) is 38.7 Å². The molecule has 0 spiro atoms. The molecule has 6 nitrogen and oxygen atoms in total. The quantitative estimate of drug-likeness (QED) is 0.749. The van der Waals surface area contributed by atoms with Crippen molar-refractivity contribution in [2.45, 2.75) is 12.5 Å². The molecule has 1 heterocycles. The van der Waals surface area contributed by atoms with E-state index in [1.54, 1.807) is 6.07 Å². The lowest BCUT2D eigenvalue weighted by atomic mass is 9.95. The van der Waals surface area contributed by atoms with Crippen molar-refractivity contribution in [2.24, 2.45) is 5.73 Å². The average Bonchev–Trinajstić information content (AvgIpc) is 2.47. The van der Waals surface area contributed by atoms with Crippen molar-refractivity contribution in [1.29, 1.82) is 0 Å². The maximum atomic E-state index is 11.8. The second-order valence-corrected chi connectivity index (χ2v) is 4.62. The molecular weight excluding hydrogens is 260 g/mol. The van der Waals surface area contributed by atoms with Crippen LogP contribution < -0.4 is 11.1 Å². The highest BCUT2D eigenvalue weighted by Crippen LogP contribution is 2.19. The third-order valence-electron chi connectivity index (χ3n) is 3.23. The Labute approximate surface area is 117 Å². The van der Waals surface area contributed by atoms with Crippen LogP contribution in [0, 0.1) is 0 Å². The van der Waals surface area contributed by atoms with E-state index in [0.29, 0.717) is 12.1 Å². The Morgan fingerprint density at radius 2 is 2.30 bits per heavy atom. The molecule has 1 aromatic rings. The van der Waals surface area contributed by atoms with Gasteiger partial charge in [0.2, 0.25) is 0 Å². The molecule has 0 saturated heterocycles. The normalized spacial score (nSPS) is 15.2. The minimum atomic E-state index is -0.443. The molecule has 108 valence electrons. The van der Waals surface area contributed by atoms with Crippen molar-refractivity contribution in [3.05, 3.63) is 34.9 Å². The molecule has 0 aromatic heterocycles. The number of ether oxygens (including phenoxy) is 2. The minimum absolute atomic E-state index is 0.0734. The standard InChI is InChI=1S/C14H18N2O4/c1-19-13(17)8-20-7-12(15)10-3-2-9-4-5-16-14(18)11(9)6-10/h2-3,6,12H,4-5,7-8,15H2,1H3,(H,16,18). The summed E-state index contributed by atoms with van der Waals surface area (Å²) in [7, 11) is 1.30. The van der Waals surface area contributed by atoms with E-state index in [-0.39, 0.29) is 25.2 Å². The number of nitrogens with two attached hydrogens (primary N) is 1. The zero-order valence-corrected chi connectivity index (χ0v) is 11.3. The molecule has 0 radical (unpaired) electrons. The second kappa shape index (κ2) is 6.49. The highest BCUT2D eigenvalue weighted by molar-refractivity contribution is 5.96. The summed E-state index contributed by atoms with van der Waals surface area (Å²) in [5, 5.41) is 2.80. The number of rotatable bonds is 5. The molecule has 20 heavy (non-hydrogen) atoms.